The number of anilines is 2. The molecule has 5 heteroatoms. The van der Waals surface area contributed by atoms with Gasteiger partial charge in [-0.1, -0.05) is 18.2 Å². The summed E-state index contributed by atoms with van der Waals surface area (Å²) in [7, 11) is -3.60. The summed E-state index contributed by atoms with van der Waals surface area (Å²) in [5, 5.41) is 0. The molecule has 0 atom stereocenters. The number of sulfonamides is 1. The molecule has 0 aliphatic carbocycles. The number of hydrogen-bond acceptors (Lipinski definition) is 3. The summed E-state index contributed by atoms with van der Waals surface area (Å²) >= 11 is 0. The number of hydrogen-bond donors (Lipinski definition) is 2. The average Bonchev–Trinajstić information content (AvgIpc) is 2.33. The molecule has 0 aliphatic rings. The van der Waals surface area contributed by atoms with Crippen molar-refractivity contribution in [2.75, 3.05) is 10.5 Å². The molecular formula is C14H16N2O2S. The van der Waals surface area contributed by atoms with E-state index in [1.807, 2.05) is 26.0 Å². The van der Waals surface area contributed by atoms with E-state index < -0.39 is 10.0 Å². The molecule has 100 valence electrons. The van der Waals surface area contributed by atoms with Gasteiger partial charge in [-0.2, -0.15) is 0 Å². The van der Waals surface area contributed by atoms with Crippen LogP contribution in [0.15, 0.2) is 47.4 Å². The van der Waals surface area contributed by atoms with Gasteiger partial charge in [0.15, 0.2) is 0 Å². The van der Waals surface area contributed by atoms with Crippen LogP contribution < -0.4 is 10.5 Å². The van der Waals surface area contributed by atoms with Crippen LogP contribution in [0.2, 0.25) is 0 Å². The molecule has 0 bridgehead atoms. The van der Waals surface area contributed by atoms with Crippen molar-refractivity contribution in [3.05, 3.63) is 53.6 Å². The van der Waals surface area contributed by atoms with Gasteiger partial charge >= 0.3 is 0 Å². The van der Waals surface area contributed by atoms with E-state index in [0.29, 0.717) is 11.4 Å². The van der Waals surface area contributed by atoms with Crippen LogP contribution in [0.4, 0.5) is 11.4 Å². The second-order valence-corrected chi connectivity index (χ2v) is 6.20. The molecule has 0 fully saturated rings. The Hall–Kier alpha value is -2.01. The Morgan fingerprint density at radius 1 is 1.00 bits per heavy atom. The van der Waals surface area contributed by atoms with E-state index >= 15 is 0 Å². The lowest BCUT2D eigenvalue weighted by Crippen LogP contribution is -2.14. The fraction of sp³-hybridized carbons (Fsp3) is 0.143. The second kappa shape index (κ2) is 4.93. The molecule has 0 aliphatic heterocycles. The first-order chi connectivity index (χ1) is 8.88. The fourth-order valence-corrected chi connectivity index (χ4v) is 2.95. The molecule has 2 aromatic carbocycles. The highest BCUT2D eigenvalue weighted by molar-refractivity contribution is 7.92. The molecule has 2 rings (SSSR count). The number of nitrogens with one attached hydrogen (secondary N) is 1. The molecular weight excluding hydrogens is 260 g/mol. The van der Waals surface area contributed by atoms with Gasteiger partial charge in [0, 0.05) is 0 Å². The largest absolute Gasteiger partial charge is 0.397 e. The highest BCUT2D eigenvalue weighted by Crippen LogP contribution is 2.23. The summed E-state index contributed by atoms with van der Waals surface area (Å²) < 4.78 is 27.0. The van der Waals surface area contributed by atoms with Gasteiger partial charge in [-0.15, -0.1) is 0 Å². The summed E-state index contributed by atoms with van der Waals surface area (Å²) in [5.41, 5.74) is 8.49. The van der Waals surface area contributed by atoms with Gasteiger partial charge in [-0.3, -0.25) is 4.72 Å². The third kappa shape index (κ3) is 3.06. The van der Waals surface area contributed by atoms with Crippen molar-refractivity contribution in [2.24, 2.45) is 0 Å². The van der Waals surface area contributed by atoms with Crippen molar-refractivity contribution in [1.82, 2.24) is 0 Å². The summed E-state index contributed by atoms with van der Waals surface area (Å²) in [5.74, 6) is 0. The first-order valence-corrected chi connectivity index (χ1v) is 7.32. The molecule has 0 saturated heterocycles. The predicted octanol–water partition coefficient (Wildman–Crippen LogP) is 2.69. The lowest BCUT2D eigenvalue weighted by atomic mass is 10.2. The summed E-state index contributed by atoms with van der Waals surface area (Å²) in [6.45, 7) is 3.74. The normalized spacial score (nSPS) is 11.3. The van der Waals surface area contributed by atoms with Gasteiger partial charge in [-0.25, -0.2) is 8.42 Å². The Balaban J connectivity index is 2.36. The topological polar surface area (TPSA) is 72.2 Å². The number of benzene rings is 2. The quantitative estimate of drug-likeness (QED) is 0.847. The zero-order valence-electron chi connectivity index (χ0n) is 10.8. The average molecular weight is 276 g/mol. The third-order valence-electron chi connectivity index (χ3n) is 2.75. The van der Waals surface area contributed by atoms with Gasteiger partial charge in [0.25, 0.3) is 10.0 Å². The standard InChI is InChI=1S/C14H16N2O2S/c1-10-4-3-5-12(8-10)19(17,18)16-14-7-6-11(2)9-13(14)15/h3-9,16H,15H2,1-2H3. The van der Waals surface area contributed by atoms with Gasteiger partial charge in [0.05, 0.1) is 16.3 Å². The van der Waals surface area contributed by atoms with Crippen molar-refractivity contribution in [3.63, 3.8) is 0 Å². The Labute approximate surface area is 113 Å². The maximum atomic E-state index is 12.2. The maximum absolute atomic E-state index is 12.2. The van der Waals surface area contributed by atoms with Crippen LogP contribution in [-0.4, -0.2) is 8.42 Å². The molecule has 4 nitrogen and oxygen atoms in total. The minimum atomic E-state index is -3.60. The summed E-state index contributed by atoms with van der Waals surface area (Å²) in [6.07, 6.45) is 0. The third-order valence-corrected chi connectivity index (χ3v) is 4.11. The second-order valence-electron chi connectivity index (χ2n) is 4.51. The van der Waals surface area contributed by atoms with E-state index in [-0.39, 0.29) is 4.90 Å². The van der Waals surface area contributed by atoms with E-state index in [1.165, 1.54) is 0 Å². The molecule has 0 unspecified atom stereocenters. The lowest BCUT2D eigenvalue weighted by molar-refractivity contribution is 0.601. The first kappa shape index (κ1) is 13.4. The van der Waals surface area contributed by atoms with Crippen LogP contribution in [0, 0.1) is 13.8 Å². The van der Waals surface area contributed by atoms with Gasteiger partial charge < -0.3 is 5.73 Å². The maximum Gasteiger partial charge on any atom is 0.261 e. The van der Waals surface area contributed by atoms with Crippen molar-refractivity contribution < 1.29 is 8.42 Å². The molecule has 19 heavy (non-hydrogen) atoms. The molecule has 3 N–H and O–H groups in total. The smallest absolute Gasteiger partial charge is 0.261 e. The summed E-state index contributed by atoms with van der Waals surface area (Å²) in [4.78, 5) is 0.229. The van der Waals surface area contributed by atoms with Crippen LogP contribution in [0.1, 0.15) is 11.1 Å². The van der Waals surface area contributed by atoms with E-state index in [9.17, 15) is 8.42 Å². The van der Waals surface area contributed by atoms with Crippen LogP contribution in [0.3, 0.4) is 0 Å². The molecule has 0 heterocycles. The van der Waals surface area contributed by atoms with Gasteiger partial charge in [0.1, 0.15) is 0 Å². The molecule has 0 saturated carbocycles. The zero-order chi connectivity index (χ0) is 14.0. The van der Waals surface area contributed by atoms with E-state index in [4.69, 9.17) is 5.73 Å². The SMILES string of the molecule is Cc1cccc(S(=O)(=O)Nc2ccc(C)cc2N)c1. The zero-order valence-corrected chi connectivity index (χ0v) is 11.7. The number of nitrogens with two attached hydrogens (primary N) is 1. The van der Waals surface area contributed by atoms with E-state index in [1.54, 1.807) is 30.3 Å². The Morgan fingerprint density at radius 2 is 1.68 bits per heavy atom. The van der Waals surface area contributed by atoms with E-state index in [2.05, 4.69) is 4.72 Å². The molecule has 0 aromatic heterocycles. The van der Waals surface area contributed by atoms with Crippen molar-refractivity contribution >= 4 is 21.4 Å². The van der Waals surface area contributed by atoms with Crippen LogP contribution in [0.25, 0.3) is 0 Å². The molecule has 0 amide bonds. The molecule has 0 radical (unpaired) electrons. The predicted molar refractivity (Wildman–Crippen MR) is 77.6 cm³/mol. The minimum absolute atomic E-state index is 0.229. The lowest BCUT2D eigenvalue weighted by Gasteiger charge is -2.11. The van der Waals surface area contributed by atoms with E-state index in [0.717, 1.165) is 11.1 Å². The summed E-state index contributed by atoms with van der Waals surface area (Å²) in [6, 6.07) is 11.9. The van der Waals surface area contributed by atoms with Crippen LogP contribution in [-0.2, 0) is 10.0 Å². The highest BCUT2D eigenvalue weighted by Gasteiger charge is 2.15. The fourth-order valence-electron chi connectivity index (χ4n) is 1.76. The van der Waals surface area contributed by atoms with Gasteiger partial charge in [-0.05, 0) is 49.2 Å². The van der Waals surface area contributed by atoms with Crippen molar-refractivity contribution in [3.8, 4) is 0 Å². The minimum Gasteiger partial charge on any atom is -0.397 e. The molecule has 0 spiro atoms. The number of aryl methyl sites for hydroxylation is 2. The first-order valence-electron chi connectivity index (χ1n) is 5.84. The van der Waals surface area contributed by atoms with Crippen molar-refractivity contribution in [1.29, 1.82) is 0 Å². The van der Waals surface area contributed by atoms with Crippen LogP contribution >= 0.6 is 0 Å². The van der Waals surface area contributed by atoms with Gasteiger partial charge in [0.2, 0.25) is 0 Å². The van der Waals surface area contributed by atoms with Crippen LogP contribution in [0.5, 0.6) is 0 Å². The monoisotopic (exact) mass is 276 g/mol. The Bertz CT molecular complexity index is 709. The molecule has 2 aromatic rings. The number of rotatable bonds is 3. The Kier molecular flexibility index (Phi) is 3.48. The number of nitrogen functional groups attached to an aromatic ring is 1. The highest BCUT2D eigenvalue weighted by atomic mass is 32.2. The Morgan fingerprint density at radius 3 is 2.32 bits per heavy atom. The van der Waals surface area contributed by atoms with Crippen molar-refractivity contribution in [2.45, 2.75) is 18.7 Å².